The van der Waals surface area contributed by atoms with Crippen molar-refractivity contribution in [3.8, 4) is 0 Å². The topological polar surface area (TPSA) is 61.4 Å². The molecule has 0 fully saturated rings. The van der Waals surface area contributed by atoms with Gasteiger partial charge in [0.25, 0.3) is 0 Å². The molecule has 112 valence electrons. The molecule has 0 saturated heterocycles. The second kappa shape index (κ2) is 7.09. The Labute approximate surface area is 129 Å². The van der Waals surface area contributed by atoms with Crippen molar-refractivity contribution in [2.45, 2.75) is 33.8 Å². The van der Waals surface area contributed by atoms with E-state index in [0.717, 1.165) is 4.47 Å². The molecule has 1 unspecified atom stereocenters. The minimum absolute atomic E-state index is 0.151. The van der Waals surface area contributed by atoms with Crippen LogP contribution in [0.5, 0.6) is 0 Å². The molecular formula is C15H23BrN2O2. The van der Waals surface area contributed by atoms with Gasteiger partial charge in [0.15, 0.2) is 0 Å². The van der Waals surface area contributed by atoms with Crippen molar-refractivity contribution in [2.24, 2.45) is 11.3 Å². The van der Waals surface area contributed by atoms with Crippen molar-refractivity contribution in [3.05, 3.63) is 28.7 Å². The van der Waals surface area contributed by atoms with Gasteiger partial charge in [0.1, 0.15) is 0 Å². The molecule has 1 atom stereocenters. The van der Waals surface area contributed by atoms with Crippen LogP contribution in [0.2, 0.25) is 0 Å². The maximum atomic E-state index is 11.9. The Bertz CT molecular complexity index is 461. The molecule has 1 rings (SSSR count). The molecule has 0 aliphatic heterocycles. The lowest BCUT2D eigenvalue weighted by Crippen LogP contribution is -2.44. The number of urea groups is 1. The highest BCUT2D eigenvalue weighted by Crippen LogP contribution is 2.25. The first-order chi connectivity index (χ1) is 9.24. The lowest BCUT2D eigenvalue weighted by atomic mass is 9.81. The number of amides is 2. The zero-order valence-electron chi connectivity index (χ0n) is 12.4. The van der Waals surface area contributed by atoms with E-state index in [4.69, 9.17) is 0 Å². The highest BCUT2D eigenvalue weighted by atomic mass is 79.9. The van der Waals surface area contributed by atoms with Crippen LogP contribution in [0.25, 0.3) is 0 Å². The average Bonchev–Trinajstić information content (AvgIpc) is 2.38. The fourth-order valence-electron chi connectivity index (χ4n) is 2.04. The second-order valence-electron chi connectivity index (χ2n) is 5.96. The van der Waals surface area contributed by atoms with Crippen LogP contribution in [0.1, 0.15) is 27.7 Å². The second-order valence-corrected chi connectivity index (χ2v) is 6.82. The van der Waals surface area contributed by atoms with Gasteiger partial charge >= 0.3 is 6.03 Å². The molecule has 0 bridgehead atoms. The Morgan fingerprint density at radius 1 is 1.35 bits per heavy atom. The summed E-state index contributed by atoms with van der Waals surface area (Å²) in [5.74, 6) is 0.151. The van der Waals surface area contributed by atoms with E-state index < -0.39 is 6.10 Å². The van der Waals surface area contributed by atoms with Crippen molar-refractivity contribution in [2.75, 3.05) is 11.9 Å². The smallest absolute Gasteiger partial charge is 0.319 e. The van der Waals surface area contributed by atoms with Gasteiger partial charge < -0.3 is 15.7 Å². The highest BCUT2D eigenvalue weighted by molar-refractivity contribution is 9.10. The first kappa shape index (κ1) is 17.0. The van der Waals surface area contributed by atoms with E-state index in [-0.39, 0.29) is 17.4 Å². The van der Waals surface area contributed by atoms with E-state index >= 15 is 0 Å². The quantitative estimate of drug-likeness (QED) is 0.765. The number of para-hydroxylation sites is 1. The number of hydrogen-bond donors (Lipinski definition) is 3. The van der Waals surface area contributed by atoms with Crippen LogP contribution >= 0.6 is 15.9 Å². The molecule has 3 N–H and O–H groups in total. The highest BCUT2D eigenvalue weighted by Gasteiger charge is 2.30. The van der Waals surface area contributed by atoms with Gasteiger partial charge in [-0.25, -0.2) is 4.79 Å². The zero-order valence-corrected chi connectivity index (χ0v) is 14.0. The zero-order chi connectivity index (χ0) is 15.3. The molecule has 0 radical (unpaired) electrons. The van der Waals surface area contributed by atoms with Crippen LogP contribution in [-0.4, -0.2) is 23.8 Å². The molecule has 4 nitrogen and oxygen atoms in total. The Balaban J connectivity index is 2.54. The minimum Gasteiger partial charge on any atom is -0.392 e. The molecule has 0 saturated carbocycles. The standard InChI is InChI=1S/C15H23BrN2O2/c1-10(2)13(19)15(3,4)9-17-14(20)18-12-8-6-5-7-11(12)16/h5-8,10,13,19H,9H2,1-4H3,(H2,17,18,20). The van der Waals surface area contributed by atoms with Crippen molar-refractivity contribution in [1.82, 2.24) is 5.32 Å². The maximum Gasteiger partial charge on any atom is 0.319 e. The summed E-state index contributed by atoms with van der Waals surface area (Å²) in [7, 11) is 0. The lowest BCUT2D eigenvalue weighted by molar-refractivity contribution is 0.0154. The van der Waals surface area contributed by atoms with Crippen LogP contribution in [0.3, 0.4) is 0 Å². The predicted octanol–water partition coefficient (Wildman–Crippen LogP) is 3.61. The SMILES string of the molecule is CC(C)C(O)C(C)(C)CNC(=O)Nc1ccccc1Br. The van der Waals surface area contributed by atoms with Crippen LogP contribution in [0, 0.1) is 11.3 Å². The summed E-state index contributed by atoms with van der Waals surface area (Å²) < 4.78 is 0.830. The van der Waals surface area contributed by atoms with Crippen LogP contribution in [-0.2, 0) is 0 Å². The molecule has 0 heterocycles. The Morgan fingerprint density at radius 2 is 1.95 bits per heavy atom. The van der Waals surface area contributed by atoms with Crippen LogP contribution in [0.15, 0.2) is 28.7 Å². The van der Waals surface area contributed by atoms with Gasteiger partial charge in [-0.05, 0) is 34.0 Å². The van der Waals surface area contributed by atoms with E-state index in [2.05, 4.69) is 26.6 Å². The third-order valence-corrected chi connectivity index (χ3v) is 3.95. The van der Waals surface area contributed by atoms with Gasteiger partial charge in [-0.3, -0.25) is 0 Å². The summed E-state index contributed by atoms with van der Waals surface area (Å²) in [5.41, 5.74) is 0.339. The van der Waals surface area contributed by atoms with Gasteiger partial charge in [0, 0.05) is 16.4 Å². The van der Waals surface area contributed by atoms with E-state index in [9.17, 15) is 9.90 Å². The van der Waals surface area contributed by atoms with Gasteiger partial charge in [-0.2, -0.15) is 0 Å². The van der Waals surface area contributed by atoms with Gasteiger partial charge in [0.2, 0.25) is 0 Å². The number of aliphatic hydroxyl groups excluding tert-OH is 1. The molecular weight excluding hydrogens is 320 g/mol. The summed E-state index contributed by atoms with van der Waals surface area (Å²) in [4.78, 5) is 11.9. The number of carbonyl (C=O) groups is 1. The molecule has 0 aliphatic rings. The first-order valence-corrected chi connectivity index (χ1v) is 7.51. The van der Waals surface area contributed by atoms with Crippen molar-refractivity contribution in [1.29, 1.82) is 0 Å². The molecule has 1 aromatic carbocycles. The number of rotatable bonds is 5. The molecule has 5 heteroatoms. The third kappa shape index (κ3) is 4.80. The van der Waals surface area contributed by atoms with Crippen molar-refractivity contribution in [3.63, 3.8) is 0 Å². The monoisotopic (exact) mass is 342 g/mol. The fourth-order valence-corrected chi connectivity index (χ4v) is 2.43. The number of benzene rings is 1. The molecule has 1 aromatic rings. The molecule has 2 amide bonds. The van der Waals surface area contributed by atoms with E-state index in [1.54, 1.807) is 0 Å². The number of halogens is 1. The summed E-state index contributed by atoms with van der Waals surface area (Å²) in [6, 6.07) is 7.14. The molecule has 20 heavy (non-hydrogen) atoms. The molecule has 0 aliphatic carbocycles. The Morgan fingerprint density at radius 3 is 2.50 bits per heavy atom. The molecule has 0 spiro atoms. The average molecular weight is 343 g/mol. The van der Waals surface area contributed by atoms with Crippen molar-refractivity contribution < 1.29 is 9.90 Å². The van der Waals surface area contributed by atoms with Gasteiger partial charge in [-0.15, -0.1) is 0 Å². The van der Waals surface area contributed by atoms with Gasteiger partial charge in [-0.1, -0.05) is 39.8 Å². The first-order valence-electron chi connectivity index (χ1n) is 6.71. The summed E-state index contributed by atoms with van der Waals surface area (Å²) in [6.07, 6.45) is -0.466. The van der Waals surface area contributed by atoms with Crippen LogP contribution < -0.4 is 10.6 Å². The summed E-state index contributed by atoms with van der Waals surface area (Å²) >= 11 is 3.38. The number of carbonyl (C=O) groups excluding carboxylic acids is 1. The number of nitrogens with one attached hydrogen (secondary N) is 2. The van der Waals surface area contributed by atoms with E-state index in [1.165, 1.54) is 0 Å². The lowest BCUT2D eigenvalue weighted by Gasteiger charge is -2.33. The largest absolute Gasteiger partial charge is 0.392 e. The number of anilines is 1. The fraction of sp³-hybridized carbons (Fsp3) is 0.533. The maximum absolute atomic E-state index is 11.9. The van der Waals surface area contributed by atoms with E-state index in [1.807, 2.05) is 52.0 Å². The normalized spacial score (nSPS) is 13.2. The Hall–Kier alpha value is -1.07. The van der Waals surface area contributed by atoms with Crippen LogP contribution in [0.4, 0.5) is 10.5 Å². The minimum atomic E-state index is -0.466. The summed E-state index contributed by atoms with van der Waals surface area (Å²) in [5, 5.41) is 15.7. The van der Waals surface area contributed by atoms with Crippen molar-refractivity contribution >= 4 is 27.6 Å². The van der Waals surface area contributed by atoms with Gasteiger partial charge in [0.05, 0.1) is 11.8 Å². The Kier molecular flexibility index (Phi) is 6.02. The predicted molar refractivity (Wildman–Crippen MR) is 85.8 cm³/mol. The number of hydrogen-bond acceptors (Lipinski definition) is 2. The summed E-state index contributed by atoms with van der Waals surface area (Å²) in [6.45, 7) is 8.22. The number of aliphatic hydroxyl groups is 1. The molecule has 0 aromatic heterocycles. The van der Waals surface area contributed by atoms with E-state index in [0.29, 0.717) is 12.2 Å². The third-order valence-electron chi connectivity index (χ3n) is 3.26.